The van der Waals surface area contributed by atoms with Gasteiger partial charge in [-0.15, -0.1) is 0 Å². The second-order valence-electron chi connectivity index (χ2n) is 4.54. The lowest BCUT2D eigenvalue weighted by Crippen LogP contribution is -2.50. The molecule has 0 amide bonds. The number of carboxylic acid groups (broad SMARTS) is 1. The van der Waals surface area contributed by atoms with Crippen LogP contribution in [0.1, 0.15) is 33.1 Å². The van der Waals surface area contributed by atoms with Crippen molar-refractivity contribution in [3.8, 4) is 0 Å². The third kappa shape index (κ3) is 2.07. The van der Waals surface area contributed by atoms with Crippen molar-refractivity contribution in [1.82, 2.24) is 0 Å². The van der Waals surface area contributed by atoms with Crippen LogP contribution in [0.4, 0.5) is 0 Å². The highest BCUT2D eigenvalue weighted by Crippen LogP contribution is 2.35. The van der Waals surface area contributed by atoms with Crippen LogP contribution in [0.15, 0.2) is 0 Å². The van der Waals surface area contributed by atoms with Gasteiger partial charge in [0.25, 0.3) is 0 Å². The zero-order valence-corrected chi connectivity index (χ0v) is 8.60. The largest absolute Gasteiger partial charge is 0.479 e. The van der Waals surface area contributed by atoms with E-state index in [-0.39, 0.29) is 0 Å². The Hall–Kier alpha value is -0.610. The first-order valence-electron chi connectivity index (χ1n) is 4.99. The molecule has 0 aromatic heterocycles. The fourth-order valence-corrected chi connectivity index (χ4v) is 2.17. The minimum Gasteiger partial charge on any atom is -0.479 e. The summed E-state index contributed by atoms with van der Waals surface area (Å²) in [6, 6.07) is 0. The van der Waals surface area contributed by atoms with Crippen LogP contribution in [0.3, 0.4) is 0 Å². The third-order valence-electron chi connectivity index (χ3n) is 3.23. The van der Waals surface area contributed by atoms with Gasteiger partial charge in [-0.05, 0) is 25.7 Å². The van der Waals surface area contributed by atoms with E-state index in [2.05, 4.69) is 0 Å². The van der Waals surface area contributed by atoms with Crippen molar-refractivity contribution in [1.29, 1.82) is 0 Å². The summed E-state index contributed by atoms with van der Waals surface area (Å²) in [5.41, 5.74) is -1.81. The highest BCUT2D eigenvalue weighted by Gasteiger charge is 2.45. The van der Waals surface area contributed by atoms with E-state index in [0.29, 0.717) is 18.8 Å². The molecule has 1 aliphatic rings. The Labute approximate surface area is 83.6 Å². The molecule has 4 nitrogen and oxygen atoms in total. The SMILES string of the molecule is C[C@@H]1CC[C@@H](C(C)(O)C(=O)O)[C@H](O)C1. The second-order valence-corrected chi connectivity index (χ2v) is 4.54. The summed E-state index contributed by atoms with van der Waals surface area (Å²) in [6.07, 6.45) is 1.31. The topological polar surface area (TPSA) is 77.8 Å². The zero-order chi connectivity index (χ0) is 10.9. The van der Waals surface area contributed by atoms with E-state index in [9.17, 15) is 15.0 Å². The molecule has 0 bridgehead atoms. The number of hydrogen-bond acceptors (Lipinski definition) is 3. The monoisotopic (exact) mass is 202 g/mol. The number of aliphatic hydroxyl groups is 2. The van der Waals surface area contributed by atoms with Crippen molar-refractivity contribution < 1.29 is 20.1 Å². The fraction of sp³-hybridized carbons (Fsp3) is 0.900. The van der Waals surface area contributed by atoms with Crippen molar-refractivity contribution in [3.63, 3.8) is 0 Å². The highest BCUT2D eigenvalue weighted by molar-refractivity contribution is 5.77. The summed E-state index contributed by atoms with van der Waals surface area (Å²) in [7, 11) is 0. The maximum Gasteiger partial charge on any atom is 0.335 e. The average molecular weight is 202 g/mol. The van der Waals surface area contributed by atoms with E-state index in [0.717, 1.165) is 6.42 Å². The predicted molar refractivity (Wildman–Crippen MR) is 50.8 cm³/mol. The number of aliphatic hydroxyl groups excluding tert-OH is 1. The molecular weight excluding hydrogens is 184 g/mol. The van der Waals surface area contributed by atoms with Gasteiger partial charge in [-0.2, -0.15) is 0 Å². The van der Waals surface area contributed by atoms with E-state index in [1.54, 1.807) is 0 Å². The number of hydrogen-bond donors (Lipinski definition) is 3. The molecule has 1 unspecified atom stereocenters. The Morgan fingerprint density at radius 1 is 1.43 bits per heavy atom. The van der Waals surface area contributed by atoms with E-state index in [1.165, 1.54) is 6.92 Å². The van der Waals surface area contributed by atoms with E-state index >= 15 is 0 Å². The fourth-order valence-electron chi connectivity index (χ4n) is 2.17. The minimum absolute atomic E-state index is 0.408. The van der Waals surface area contributed by atoms with Crippen molar-refractivity contribution >= 4 is 5.97 Å². The molecule has 1 aliphatic carbocycles. The van der Waals surface area contributed by atoms with Gasteiger partial charge in [0, 0.05) is 5.92 Å². The van der Waals surface area contributed by atoms with Gasteiger partial charge in [0.05, 0.1) is 6.10 Å². The van der Waals surface area contributed by atoms with Gasteiger partial charge in [0.2, 0.25) is 0 Å². The zero-order valence-electron chi connectivity index (χ0n) is 8.60. The van der Waals surface area contributed by atoms with Crippen LogP contribution in [-0.2, 0) is 4.79 Å². The van der Waals surface area contributed by atoms with Gasteiger partial charge in [-0.1, -0.05) is 13.3 Å². The Morgan fingerprint density at radius 3 is 2.43 bits per heavy atom. The lowest BCUT2D eigenvalue weighted by molar-refractivity contribution is -0.171. The molecule has 0 aliphatic heterocycles. The second kappa shape index (κ2) is 3.87. The molecule has 4 heteroatoms. The molecule has 1 rings (SSSR count). The number of aliphatic carboxylic acids is 1. The molecule has 0 radical (unpaired) electrons. The molecular formula is C10H18O4. The summed E-state index contributed by atoms with van der Waals surface area (Å²) >= 11 is 0. The van der Waals surface area contributed by atoms with Crippen molar-refractivity contribution in [3.05, 3.63) is 0 Å². The smallest absolute Gasteiger partial charge is 0.335 e. The molecule has 0 heterocycles. The first kappa shape index (κ1) is 11.5. The maximum absolute atomic E-state index is 10.8. The first-order chi connectivity index (χ1) is 6.35. The van der Waals surface area contributed by atoms with Crippen LogP contribution >= 0.6 is 0 Å². The Kier molecular flexibility index (Phi) is 3.17. The molecule has 1 fully saturated rings. The van der Waals surface area contributed by atoms with Gasteiger partial charge in [-0.25, -0.2) is 4.79 Å². The third-order valence-corrected chi connectivity index (χ3v) is 3.23. The van der Waals surface area contributed by atoms with Gasteiger partial charge in [-0.3, -0.25) is 0 Å². The molecule has 0 spiro atoms. The maximum atomic E-state index is 10.8. The molecule has 0 aromatic rings. The van der Waals surface area contributed by atoms with Gasteiger partial charge >= 0.3 is 5.97 Å². The van der Waals surface area contributed by atoms with Gasteiger partial charge in [0.1, 0.15) is 0 Å². The Balaban J connectivity index is 2.73. The van der Waals surface area contributed by atoms with Crippen LogP contribution in [0.2, 0.25) is 0 Å². The standard InChI is InChI=1S/C10H18O4/c1-6-3-4-7(8(11)5-6)10(2,14)9(12)13/h6-8,11,14H,3-5H2,1-2H3,(H,12,13)/t6-,7-,8-,10?/m1/s1. The molecule has 0 saturated heterocycles. The van der Waals surface area contributed by atoms with Crippen molar-refractivity contribution in [2.24, 2.45) is 11.8 Å². The quantitative estimate of drug-likeness (QED) is 0.613. The molecule has 3 N–H and O–H groups in total. The lowest BCUT2D eigenvalue weighted by Gasteiger charge is -2.38. The highest BCUT2D eigenvalue weighted by atomic mass is 16.4. The van der Waals surface area contributed by atoms with Crippen molar-refractivity contribution in [2.45, 2.75) is 44.8 Å². The van der Waals surface area contributed by atoms with Crippen LogP contribution in [0.25, 0.3) is 0 Å². The summed E-state index contributed by atoms with van der Waals surface area (Å²) in [6.45, 7) is 3.29. The van der Waals surface area contributed by atoms with E-state index in [1.807, 2.05) is 6.92 Å². The van der Waals surface area contributed by atoms with Crippen LogP contribution < -0.4 is 0 Å². The number of carbonyl (C=O) groups is 1. The van der Waals surface area contributed by atoms with Gasteiger partial charge in [0.15, 0.2) is 5.60 Å². The van der Waals surface area contributed by atoms with E-state index in [4.69, 9.17) is 5.11 Å². The normalized spacial score (nSPS) is 37.6. The predicted octanol–water partition coefficient (Wildman–Crippen LogP) is 0.619. The molecule has 0 aromatic carbocycles. The summed E-state index contributed by atoms with van der Waals surface area (Å²) in [4.78, 5) is 10.8. The Bertz CT molecular complexity index is 224. The van der Waals surface area contributed by atoms with Crippen LogP contribution in [0.5, 0.6) is 0 Å². The number of carboxylic acids is 1. The minimum atomic E-state index is -1.81. The molecule has 14 heavy (non-hydrogen) atoms. The average Bonchev–Trinajstić information content (AvgIpc) is 2.02. The van der Waals surface area contributed by atoms with Crippen LogP contribution in [0, 0.1) is 11.8 Å². The van der Waals surface area contributed by atoms with E-state index < -0.39 is 23.6 Å². The lowest BCUT2D eigenvalue weighted by atomic mass is 9.73. The molecule has 1 saturated carbocycles. The molecule has 4 atom stereocenters. The van der Waals surface area contributed by atoms with Crippen molar-refractivity contribution in [2.75, 3.05) is 0 Å². The molecule has 82 valence electrons. The number of rotatable bonds is 2. The summed E-state index contributed by atoms with van der Waals surface area (Å²) < 4.78 is 0. The van der Waals surface area contributed by atoms with Gasteiger partial charge < -0.3 is 15.3 Å². The van der Waals surface area contributed by atoms with Crippen LogP contribution in [-0.4, -0.2) is 33.0 Å². The Morgan fingerprint density at radius 2 is 2.00 bits per heavy atom. The summed E-state index contributed by atoms with van der Waals surface area (Å²) in [5.74, 6) is -1.39. The summed E-state index contributed by atoms with van der Waals surface area (Å²) in [5, 5.41) is 28.2. The first-order valence-corrected chi connectivity index (χ1v) is 4.99.